The number of hydrogen-bond donors (Lipinski definition) is 2. The minimum atomic E-state index is -1.20. The number of aliphatic hydroxyl groups excluding tert-OH is 1. The number of carbonyl (C=O) groups excluding carboxylic acids is 1. The Balaban J connectivity index is 2.21. The third kappa shape index (κ3) is 6.31. The third-order valence-corrected chi connectivity index (χ3v) is 4.17. The van der Waals surface area contributed by atoms with Crippen LogP contribution in [0.2, 0.25) is 0 Å². The van der Waals surface area contributed by atoms with Gasteiger partial charge >= 0.3 is 11.9 Å². The maximum atomic E-state index is 12.1. The average molecular weight is 395 g/mol. The number of aliphatic carboxylic acids is 1. The Morgan fingerprint density at radius 3 is 2.34 bits per heavy atom. The molecule has 29 heavy (non-hydrogen) atoms. The summed E-state index contributed by atoms with van der Waals surface area (Å²) >= 11 is 0. The number of esters is 1. The molecular formula is C23H25NO5. The molecule has 6 nitrogen and oxygen atoms in total. The number of hydrogen-bond acceptors (Lipinski definition) is 5. The summed E-state index contributed by atoms with van der Waals surface area (Å²) in [5, 5.41) is 19.6. The van der Waals surface area contributed by atoms with E-state index in [9.17, 15) is 19.8 Å². The molecule has 0 radical (unpaired) electrons. The molecule has 0 unspecified atom stereocenters. The maximum Gasteiger partial charge on any atom is 0.340 e. The predicted octanol–water partition coefficient (Wildman–Crippen LogP) is 5.22. The van der Waals surface area contributed by atoms with Gasteiger partial charge in [-0.2, -0.15) is 0 Å². The van der Waals surface area contributed by atoms with Gasteiger partial charge in [-0.05, 0) is 42.7 Å². The zero-order valence-electron chi connectivity index (χ0n) is 16.6. The van der Waals surface area contributed by atoms with Crippen LogP contribution in [0, 0.1) is 0 Å². The second-order valence-corrected chi connectivity index (χ2v) is 6.40. The average Bonchev–Trinajstić information content (AvgIpc) is 2.72. The van der Waals surface area contributed by atoms with Crippen molar-refractivity contribution in [2.24, 2.45) is 4.99 Å². The molecule has 2 N–H and O–H groups in total. The number of carboxylic acids is 1. The first kappa shape index (κ1) is 21.9. The maximum absolute atomic E-state index is 12.1. The smallest absolute Gasteiger partial charge is 0.340 e. The highest BCUT2D eigenvalue weighted by molar-refractivity contribution is 6.20. The van der Waals surface area contributed by atoms with Crippen molar-refractivity contribution in [2.75, 3.05) is 0 Å². The molecule has 2 aromatic rings. The van der Waals surface area contributed by atoms with Crippen molar-refractivity contribution in [3.8, 4) is 0 Å². The number of carbonyl (C=O) groups is 2. The second kappa shape index (κ2) is 10.8. The van der Waals surface area contributed by atoms with Gasteiger partial charge in [0.1, 0.15) is 17.9 Å². The topological polar surface area (TPSA) is 96.2 Å². The normalized spacial score (nSPS) is 12.3. The number of rotatable bonds is 9. The van der Waals surface area contributed by atoms with Crippen LogP contribution in [-0.4, -0.2) is 27.9 Å². The Kier molecular flexibility index (Phi) is 8.15. The van der Waals surface area contributed by atoms with Gasteiger partial charge in [0.2, 0.25) is 0 Å². The van der Waals surface area contributed by atoms with Crippen molar-refractivity contribution < 1.29 is 24.5 Å². The number of ether oxygens (including phenoxy) is 1. The second-order valence-electron chi connectivity index (χ2n) is 6.40. The van der Waals surface area contributed by atoms with E-state index in [1.807, 2.05) is 13.0 Å². The minimum absolute atomic E-state index is 0.0707. The molecule has 152 valence electrons. The van der Waals surface area contributed by atoms with E-state index in [1.54, 1.807) is 55.5 Å². The first-order valence-electron chi connectivity index (χ1n) is 9.50. The molecule has 0 atom stereocenters. The molecule has 0 fully saturated rings. The van der Waals surface area contributed by atoms with Crippen LogP contribution in [0.25, 0.3) is 0 Å². The lowest BCUT2D eigenvalue weighted by Crippen LogP contribution is -2.14. The van der Waals surface area contributed by atoms with Gasteiger partial charge in [0.15, 0.2) is 0 Å². The van der Waals surface area contributed by atoms with Gasteiger partial charge in [0.05, 0.1) is 17.0 Å². The van der Waals surface area contributed by atoms with E-state index in [4.69, 9.17) is 4.74 Å². The molecule has 0 aliphatic rings. The van der Waals surface area contributed by atoms with Crippen LogP contribution < -0.4 is 0 Å². The molecule has 2 rings (SSSR count). The quantitative estimate of drug-likeness (QED) is 0.262. The minimum Gasteiger partial charge on any atom is -0.511 e. The number of allylic oxidation sites excluding steroid dienone is 1. The highest BCUT2D eigenvalue weighted by Crippen LogP contribution is 2.20. The van der Waals surface area contributed by atoms with E-state index in [0.29, 0.717) is 29.8 Å². The van der Waals surface area contributed by atoms with E-state index in [1.165, 1.54) is 0 Å². The number of carboxylic acid groups (broad SMARTS) is 1. The fourth-order valence-corrected chi connectivity index (χ4v) is 2.77. The number of aliphatic imine (C=N–C) groups is 1. The summed E-state index contributed by atoms with van der Waals surface area (Å²) in [5.74, 6) is -1.80. The molecule has 2 aromatic carbocycles. The SMILES string of the molecule is CCCC(O)=C(C(=O)O)C(CC)=Nc1cccc(COC(=O)c2ccccc2)c1. The molecule has 0 bridgehead atoms. The fourth-order valence-electron chi connectivity index (χ4n) is 2.77. The van der Waals surface area contributed by atoms with Gasteiger partial charge in [-0.15, -0.1) is 0 Å². The molecule has 0 aromatic heterocycles. The molecule has 0 heterocycles. The van der Waals surface area contributed by atoms with E-state index in [0.717, 1.165) is 5.56 Å². The number of nitrogens with zero attached hydrogens (tertiary/aromatic N) is 1. The highest BCUT2D eigenvalue weighted by atomic mass is 16.5. The van der Waals surface area contributed by atoms with Crippen LogP contribution in [0.1, 0.15) is 49.0 Å². The third-order valence-electron chi connectivity index (χ3n) is 4.17. The molecule has 6 heteroatoms. The highest BCUT2D eigenvalue weighted by Gasteiger charge is 2.19. The largest absolute Gasteiger partial charge is 0.511 e. The Hall–Kier alpha value is -3.41. The summed E-state index contributed by atoms with van der Waals surface area (Å²) in [6, 6.07) is 15.7. The summed E-state index contributed by atoms with van der Waals surface area (Å²) in [6.45, 7) is 3.71. The fraction of sp³-hybridized carbons (Fsp3) is 0.261. The van der Waals surface area contributed by atoms with E-state index in [2.05, 4.69) is 4.99 Å². The molecule has 0 saturated heterocycles. The zero-order valence-corrected chi connectivity index (χ0v) is 16.6. The van der Waals surface area contributed by atoms with Crippen molar-refractivity contribution in [3.63, 3.8) is 0 Å². The van der Waals surface area contributed by atoms with Gasteiger partial charge < -0.3 is 14.9 Å². The summed E-state index contributed by atoms with van der Waals surface area (Å²) in [4.78, 5) is 28.1. The van der Waals surface area contributed by atoms with Gasteiger partial charge in [0, 0.05) is 6.42 Å². The van der Waals surface area contributed by atoms with Gasteiger partial charge in [-0.1, -0.05) is 44.2 Å². The van der Waals surface area contributed by atoms with Crippen LogP contribution in [0.5, 0.6) is 0 Å². The first-order chi connectivity index (χ1) is 14.0. The predicted molar refractivity (Wildman–Crippen MR) is 112 cm³/mol. The standard InChI is InChI=1S/C23H25NO5/c1-3-9-20(25)21(22(26)27)19(4-2)24-18-13-8-10-16(14-18)15-29-23(28)17-11-6-5-7-12-17/h5-8,10-14,25H,3-4,9,15H2,1-2H3,(H,26,27). The summed E-state index contributed by atoms with van der Waals surface area (Å²) in [6.07, 6.45) is 1.25. The van der Waals surface area contributed by atoms with Crippen molar-refractivity contribution in [1.82, 2.24) is 0 Å². The van der Waals surface area contributed by atoms with Crippen molar-refractivity contribution >= 4 is 23.3 Å². The molecule has 0 spiro atoms. The van der Waals surface area contributed by atoms with Gasteiger partial charge in [0.25, 0.3) is 0 Å². The van der Waals surface area contributed by atoms with E-state index in [-0.39, 0.29) is 24.4 Å². The van der Waals surface area contributed by atoms with Crippen molar-refractivity contribution in [3.05, 3.63) is 77.1 Å². The van der Waals surface area contributed by atoms with Crippen LogP contribution in [0.3, 0.4) is 0 Å². The van der Waals surface area contributed by atoms with E-state index >= 15 is 0 Å². The summed E-state index contributed by atoms with van der Waals surface area (Å²) in [7, 11) is 0. The zero-order chi connectivity index (χ0) is 21.2. The monoisotopic (exact) mass is 395 g/mol. The van der Waals surface area contributed by atoms with Crippen LogP contribution >= 0.6 is 0 Å². The van der Waals surface area contributed by atoms with Crippen LogP contribution in [-0.2, 0) is 16.1 Å². The van der Waals surface area contributed by atoms with Crippen LogP contribution in [0.4, 0.5) is 5.69 Å². The molecular weight excluding hydrogens is 370 g/mol. The molecule has 0 aliphatic heterocycles. The molecule has 0 saturated carbocycles. The first-order valence-corrected chi connectivity index (χ1v) is 9.50. The van der Waals surface area contributed by atoms with Crippen molar-refractivity contribution in [1.29, 1.82) is 0 Å². The Morgan fingerprint density at radius 1 is 1.00 bits per heavy atom. The summed E-state index contributed by atoms with van der Waals surface area (Å²) in [5.41, 5.74) is 1.86. The summed E-state index contributed by atoms with van der Waals surface area (Å²) < 4.78 is 5.33. The van der Waals surface area contributed by atoms with Gasteiger partial charge in [-0.3, -0.25) is 4.99 Å². The lowest BCUT2D eigenvalue weighted by Gasteiger charge is -2.09. The number of benzene rings is 2. The molecule has 0 amide bonds. The van der Waals surface area contributed by atoms with Gasteiger partial charge in [-0.25, -0.2) is 9.59 Å². The number of aliphatic hydroxyl groups is 1. The Labute approximate surface area is 170 Å². The Bertz CT molecular complexity index is 916. The Morgan fingerprint density at radius 2 is 1.72 bits per heavy atom. The lowest BCUT2D eigenvalue weighted by molar-refractivity contribution is -0.132. The molecule has 0 aliphatic carbocycles. The lowest BCUT2D eigenvalue weighted by atomic mass is 10.0. The van der Waals surface area contributed by atoms with Crippen molar-refractivity contribution in [2.45, 2.75) is 39.7 Å². The van der Waals surface area contributed by atoms with E-state index < -0.39 is 11.9 Å². The van der Waals surface area contributed by atoms with Crippen LogP contribution in [0.15, 0.2) is 70.9 Å².